The minimum atomic E-state index is -0.196. The Hall–Kier alpha value is -1.39. The highest BCUT2D eigenvalue weighted by Crippen LogP contribution is 2.20. The quantitative estimate of drug-likeness (QED) is 0.900. The normalized spacial score (nSPS) is 18.0. The van der Waals surface area contributed by atoms with Gasteiger partial charge in [0.1, 0.15) is 0 Å². The van der Waals surface area contributed by atoms with E-state index in [0.717, 1.165) is 38.0 Å². The lowest BCUT2D eigenvalue weighted by Crippen LogP contribution is -2.41. The van der Waals surface area contributed by atoms with E-state index in [2.05, 4.69) is 19.0 Å². The number of hydrogen-bond donors (Lipinski definition) is 1. The molecule has 1 saturated heterocycles. The van der Waals surface area contributed by atoms with E-state index < -0.39 is 0 Å². The molecule has 1 aromatic rings. The average Bonchev–Trinajstić information content (AvgIpc) is 2.48. The lowest BCUT2D eigenvalue weighted by molar-refractivity contribution is -0.133. The first-order valence-electron chi connectivity index (χ1n) is 7.79. The van der Waals surface area contributed by atoms with Crippen molar-refractivity contribution in [1.82, 2.24) is 9.80 Å². The summed E-state index contributed by atoms with van der Waals surface area (Å²) in [5.41, 5.74) is 7.18. The number of piperidine rings is 1. The minimum absolute atomic E-state index is 0.189. The van der Waals surface area contributed by atoms with Gasteiger partial charge in [0.05, 0.1) is 0 Å². The third-order valence-electron chi connectivity index (χ3n) is 4.21. The summed E-state index contributed by atoms with van der Waals surface area (Å²) in [7, 11) is 4.22. The van der Waals surface area contributed by atoms with Gasteiger partial charge in [-0.2, -0.15) is 0 Å². The van der Waals surface area contributed by atoms with E-state index in [-0.39, 0.29) is 11.9 Å². The molecule has 1 amide bonds. The van der Waals surface area contributed by atoms with E-state index in [1.807, 2.05) is 35.2 Å². The summed E-state index contributed by atoms with van der Waals surface area (Å²) in [6, 6.07) is 9.67. The van der Waals surface area contributed by atoms with Gasteiger partial charge >= 0.3 is 0 Å². The molecule has 0 saturated carbocycles. The molecule has 0 aromatic heterocycles. The number of nitrogens with zero attached hydrogens (tertiary/aromatic N) is 2. The maximum Gasteiger partial charge on any atom is 0.224 e. The highest BCUT2D eigenvalue weighted by Gasteiger charge is 2.24. The van der Waals surface area contributed by atoms with Crippen LogP contribution >= 0.6 is 0 Å². The van der Waals surface area contributed by atoms with Crippen molar-refractivity contribution in [1.29, 1.82) is 0 Å². The Bertz CT molecular complexity index is 439. The van der Waals surface area contributed by atoms with Crippen LogP contribution in [0.15, 0.2) is 30.3 Å². The summed E-state index contributed by atoms with van der Waals surface area (Å²) in [5, 5.41) is 0. The Morgan fingerprint density at radius 2 is 1.90 bits per heavy atom. The largest absolute Gasteiger partial charge is 0.343 e. The zero-order chi connectivity index (χ0) is 15.2. The van der Waals surface area contributed by atoms with Gasteiger partial charge in [-0.25, -0.2) is 0 Å². The smallest absolute Gasteiger partial charge is 0.224 e. The average molecular weight is 289 g/mol. The second-order valence-corrected chi connectivity index (χ2v) is 6.31. The molecule has 2 rings (SSSR count). The third-order valence-corrected chi connectivity index (χ3v) is 4.21. The second kappa shape index (κ2) is 7.57. The summed E-state index contributed by atoms with van der Waals surface area (Å²) in [4.78, 5) is 16.6. The number of benzene rings is 1. The number of nitrogens with two attached hydrogens (primary N) is 1. The molecule has 0 aliphatic carbocycles. The van der Waals surface area contributed by atoms with Crippen molar-refractivity contribution >= 4 is 5.91 Å². The number of carbonyl (C=O) groups excluding carboxylic acids is 1. The highest BCUT2D eigenvalue weighted by molar-refractivity contribution is 5.77. The predicted octanol–water partition coefficient (Wildman–Crippen LogP) is 1.88. The Labute approximate surface area is 127 Å². The molecule has 1 aromatic carbocycles. The molecule has 1 atom stereocenters. The highest BCUT2D eigenvalue weighted by atomic mass is 16.2. The molecular formula is C17H27N3O. The van der Waals surface area contributed by atoms with Gasteiger partial charge in [-0.15, -0.1) is 0 Å². The molecule has 0 bridgehead atoms. The van der Waals surface area contributed by atoms with Crippen molar-refractivity contribution < 1.29 is 4.79 Å². The van der Waals surface area contributed by atoms with Crippen LogP contribution < -0.4 is 5.73 Å². The van der Waals surface area contributed by atoms with Crippen molar-refractivity contribution in [3.63, 3.8) is 0 Å². The monoisotopic (exact) mass is 289 g/mol. The summed E-state index contributed by atoms with van der Waals surface area (Å²) in [6.07, 6.45) is 2.61. The third kappa shape index (κ3) is 4.83. The van der Waals surface area contributed by atoms with Crippen LogP contribution in [0, 0.1) is 5.92 Å². The Morgan fingerprint density at radius 1 is 1.29 bits per heavy atom. The number of amides is 1. The zero-order valence-electron chi connectivity index (χ0n) is 13.2. The molecule has 0 radical (unpaired) electrons. The number of hydrogen-bond acceptors (Lipinski definition) is 3. The van der Waals surface area contributed by atoms with Gasteiger partial charge in [0.15, 0.2) is 0 Å². The number of likely N-dealkylation sites (tertiary alicyclic amines) is 1. The van der Waals surface area contributed by atoms with Gasteiger partial charge in [0.25, 0.3) is 0 Å². The van der Waals surface area contributed by atoms with Crippen molar-refractivity contribution in [2.45, 2.75) is 25.3 Å². The first kappa shape index (κ1) is 16.0. The summed E-state index contributed by atoms with van der Waals surface area (Å²) < 4.78 is 0. The van der Waals surface area contributed by atoms with Gasteiger partial charge in [0.2, 0.25) is 5.91 Å². The number of rotatable bonds is 5. The van der Waals surface area contributed by atoms with Crippen LogP contribution in [0.25, 0.3) is 0 Å². The van der Waals surface area contributed by atoms with Crippen molar-refractivity contribution in [3.05, 3.63) is 35.9 Å². The fourth-order valence-electron chi connectivity index (χ4n) is 3.02. The van der Waals surface area contributed by atoms with Crippen LogP contribution in [0.5, 0.6) is 0 Å². The first-order chi connectivity index (χ1) is 10.1. The molecule has 4 nitrogen and oxygen atoms in total. The van der Waals surface area contributed by atoms with Crippen molar-refractivity contribution in [2.24, 2.45) is 11.7 Å². The Balaban J connectivity index is 1.80. The van der Waals surface area contributed by atoms with Crippen LogP contribution in [0.1, 0.15) is 30.9 Å². The fourth-order valence-corrected chi connectivity index (χ4v) is 3.02. The van der Waals surface area contributed by atoms with Gasteiger partial charge in [0, 0.05) is 32.1 Å². The molecule has 1 aliphatic rings. The van der Waals surface area contributed by atoms with E-state index in [4.69, 9.17) is 5.73 Å². The summed E-state index contributed by atoms with van der Waals surface area (Å²) in [5.74, 6) is 0.904. The SMILES string of the molecule is CN(C)CC1CCN(C(=O)CC(N)c2ccccc2)CC1. The van der Waals surface area contributed by atoms with Crippen molar-refractivity contribution in [2.75, 3.05) is 33.7 Å². The molecule has 0 spiro atoms. The van der Waals surface area contributed by atoms with Crippen LogP contribution in [0.3, 0.4) is 0 Å². The van der Waals surface area contributed by atoms with Crippen LogP contribution in [0.4, 0.5) is 0 Å². The number of carbonyl (C=O) groups is 1. The van der Waals surface area contributed by atoms with E-state index in [9.17, 15) is 4.79 Å². The van der Waals surface area contributed by atoms with Gasteiger partial charge in [-0.1, -0.05) is 30.3 Å². The van der Waals surface area contributed by atoms with Crippen molar-refractivity contribution in [3.8, 4) is 0 Å². The second-order valence-electron chi connectivity index (χ2n) is 6.31. The first-order valence-corrected chi connectivity index (χ1v) is 7.79. The summed E-state index contributed by atoms with van der Waals surface area (Å²) >= 11 is 0. The van der Waals surface area contributed by atoms with E-state index in [0.29, 0.717) is 12.3 Å². The molecule has 116 valence electrons. The molecule has 2 N–H and O–H groups in total. The maximum absolute atomic E-state index is 12.3. The van der Waals surface area contributed by atoms with Crippen LogP contribution in [-0.4, -0.2) is 49.4 Å². The van der Waals surface area contributed by atoms with E-state index >= 15 is 0 Å². The molecule has 1 aliphatic heterocycles. The Morgan fingerprint density at radius 3 is 2.48 bits per heavy atom. The van der Waals surface area contributed by atoms with E-state index in [1.54, 1.807) is 0 Å². The zero-order valence-corrected chi connectivity index (χ0v) is 13.2. The lowest BCUT2D eigenvalue weighted by atomic mass is 9.95. The van der Waals surface area contributed by atoms with Gasteiger partial charge in [-0.3, -0.25) is 4.79 Å². The molecular weight excluding hydrogens is 262 g/mol. The molecule has 1 fully saturated rings. The molecule has 1 unspecified atom stereocenters. The predicted molar refractivity (Wildman–Crippen MR) is 85.8 cm³/mol. The molecule has 1 heterocycles. The Kier molecular flexibility index (Phi) is 5.76. The minimum Gasteiger partial charge on any atom is -0.343 e. The van der Waals surface area contributed by atoms with Gasteiger partial charge < -0.3 is 15.5 Å². The van der Waals surface area contributed by atoms with Crippen LogP contribution in [-0.2, 0) is 4.79 Å². The molecule has 21 heavy (non-hydrogen) atoms. The fraction of sp³-hybridized carbons (Fsp3) is 0.588. The van der Waals surface area contributed by atoms with Crippen LogP contribution in [0.2, 0.25) is 0 Å². The lowest BCUT2D eigenvalue weighted by Gasteiger charge is -2.33. The topological polar surface area (TPSA) is 49.6 Å². The standard InChI is InChI=1S/C17H27N3O/c1-19(2)13-14-8-10-20(11-9-14)17(21)12-16(18)15-6-4-3-5-7-15/h3-7,14,16H,8-13,18H2,1-2H3. The molecule has 4 heteroatoms. The van der Waals surface area contributed by atoms with E-state index in [1.165, 1.54) is 0 Å². The maximum atomic E-state index is 12.3. The van der Waals surface area contributed by atoms with Gasteiger partial charge in [-0.05, 0) is 38.4 Å². The summed E-state index contributed by atoms with van der Waals surface area (Å²) in [6.45, 7) is 2.86.